The molecule has 2 aromatic rings. The number of nitrogens with zero attached hydrogens (tertiary/aromatic N) is 1. The Kier molecular flexibility index (Phi) is 5.66. The lowest BCUT2D eigenvalue weighted by molar-refractivity contribution is 0.0986. The van der Waals surface area contributed by atoms with Crippen molar-refractivity contribution in [1.82, 2.24) is 0 Å². The topological polar surface area (TPSA) is 20.3 Å². The molecule has 0 unspecified atom stereocenters. The van der Waals surface area contributed by atoms with Gasteiger partial charge < -0.3 is 4.90 Å². The van der Waals surface area contributed by atoms with Gasteiger partial charge in [0.2, 0.25) is 0 Å². The summed E-state index contributed by atoms with van der Waals surface area (Å²) < 4.78 is 0. The minimum atomic E-state index is -0.0255. The lowest BCUT2D eigenvalue weighted by atomic mass is 10.1. The van der Waals surface area contributed by atoms with Crippen molar-refractivity contribution in [1.29, 1.82) is 0 Å². The molecule has 0 heterocycles. The van der Waals surface area contributed by atoms with Crippen molar-refractivity contribution < 1.29 is 4.79 Å². The molecular formula is C17H17Cl2NO. The van der Waals surface area contributed by atoms with Crippen LogP contribution in [0.3, 0.4) is 0 Å². The lowest BCUT2D eigenvalue weighted by Gasteiger charge is -2.23. The second-order valence-corrected chi connectivity index (χ2v) is 5.59. The van der Waals surface area contributed by atoms with Crippen LogP contribution in [0.1, 0.15) is 30.1 Å². The highest BCUT2D eigenvalue weighted by Crippen LogP contribution is 2.28. The zero-order valence-corrected chi connectivity index (χ0v) is 13.4. The molecule has 0 fully saturated rings. The molecule has 0 bridgehead atoms. The van der Waals surface area contributed by atoms with Crippen molar-refractivity contribution in [2.45, 2.75) is 19.8 Å². The van der Waals surface area contributed by atoms with Gasteiger partial charge in [0.1, 0.15) is 0 Å². The van der Waals surface area contributed by atoms with E-state index in [2.05, 4.69) is 6.92 Å². The molecule has 0 aliphatic heterocycles. The summed E-state index contributed by atoms with van der Waals surface area (Å²) in [4.78, 5) is 14.4. The van der Waals surface area contributed by atoms with E-state index in [1.165, 1.54) is 0 Å². The van der Waals surface area contributed by atoms with Gasteiger partial charge in [-0.15, -0.1) is 0 Å². The molecule has 21 heavy (non-hydrogen) atoms. The largest absolute Gasteiger partial charge is 0.308 e. The third-order valence-electron chi connectivity index (χ3n) is 3.22. The molecule has 110 valence electrons. The van der Waals surface area contributed by atoms with Gasteiger partial charge in [0.05, 0.1) is 10.0 Å². The minimum absolute atomic E-state index is 0.0255. The summed E-state index contributed by atoms with van der Waals surface area (Å²) in [6.45, 7) is 2.75. The third kappa shape index (κ3) is 3.99. The fourth-order valence-corrected chi connectivity index (χ4v) is 2.35. The molecule has 4 heteroatoms. The number of halogens is 2. The molecule has 0 radical (unpaired) electrons. The Morgan fingerprint density at radius 1 is 1.05 bits per heavy atom. The zero-order valence-electron chi connectivity index (χ0n) is 11.9. The number of benzene rings is 2. The molecule has 0 saturated carbocycles. The van der Waals surface area contributed by atoms with E-state index in [1.807, 2.05) is 36.4 Å². The maximum Gasteiger partial charge on any atom is 0.258 e. The monoisotopic (exact) mass is 321 g/mol. The molecule has 2 rings (SSSR count). The molecule has 0 aliphatic rings. The summed E-state index contributed by atoms with van der Waals surface area (Å²) in [7, 11) is 0. The maximum absolute atomic E-state index is 12.7. The van der Waals surface area contributed by atoms with Gasteiger partial charge in [-0.25, -0.2) is 0 Å². The van der Waals surface area contributed by atoms with Crippen molar-refractivity contribution in [2.24, 2.45) is 0 Å². The third-order valence-corrected chi connectivity index (χ3v) is 3.96. The van der Waals surface area contributed by atoms with E-state index in [9.17, 15) is 4.79 Å². The van der Waals surface area contributed by atoms with Gasteiger partial charge in [0.15, 0.2) is 0 Å². The average molecular weight is 322 g/mol. The van der Waals surface area contributed by atoms with E-state index in [0.717, 1.165) is 18.5 Å². The number of anilines is 1. The Morgan fingerprint density at radius 3 is 2.38 bits per heavy atom. The van der Waals surface area contributed by atoms with Crippen LogP contribution < -0.4 is 4.90 Å². The first-order valence-corrected chi connectivity index (χ1v) is 7.71. The lowest BCUT2D eigenvalue weighted by Crippen LogP contribution is -2.31. The standard InChI is InChI=1S/C17H17Cl2NO/c1-2-3-11-20(14-9-10-15(18)16(19)12-14)17(21)13-7-5-4-6-8-13/h4-10,12H,2-3,11H2,1H3. The Balaban J connectivity index is 2.33. The summed E-state index contributed by atoms with van der Waals surface area (Å²) in [5.41, 5.74) is 1.44. The Labute approximate surface area is 135 Å². The van der Waals surface area contributed by atoms with Crippen molar-refractivity contribution >= 4 is 34.8 Å². The predicted octanol–water partition coefficient (Wildman–Crippen LogP) is 5.44. The van der Waals surface area contributed by atoms with Crippen LogP contribution in [0.5, 0.6) is 0 Å². The van der Waals surface area contributed by atoms with Crippen LogP contribution in [-0.2, 0) is 0 Å². The highest BCUT2D eigenvalue weighted by Gasteiger charge is 2.17. The molecule has 0 saturated heterocycles. The predicted molar refractivity (Wildman–Crippen MR) is 89.5 cm³/mol. The van der Waals surface area contributed by atoms with Crippen molar-refractivity contribution in [3.05, 3.63) is 64.1 Å². The highest BCUT2D eigenvalue weighted by atomic mass is 35.5. The Hall–Kier alpha value is -1.51. The first-order chi connectivity index (χ1) is 10.1. The summed E-state index contributed by atoms with van der Waals surface area (Å²) in [5.74, 6) is -0.0255. The van der Waals surface area contributed by atoms with Crippen molar-refractivity contribution in [3.8, 4) is 0 Å². The molecule has 2 nitrogen and oxygen atoms in total. The quantitative estimate of drug-likeness (QED) is 0.718. The van der Waals surface area contributed by atoms with Crippen LogP contribution in [-0.4, -0.2) is 12.5 Å². The first kappa shape index (κ1) is 15.9. The van der Waals surface area contributed by atoms with E-state index in [-0.39, 0.29) is 5.91 Å². The van der Waals surface area contributed by atoms with Crippen LogP contribution in [0.25, 0.3) is 0 Å². The molecule has 0 spiro atoms. The molecule has 1 amide bonds. The van der Waals surface area contributed by atoms with Crippen LogP contribution in [0.15, 0.2) is 48.5 Å². The van der Waals surface area contributed by atoms with Gasteiger partial charge in [-0.1, -0.05) is 54.7 Å². The SMILES string of the molecule is CCCCN(C(=O)c1ccccc1)c1ccc(Cl)c(Cl)c1. The zero-order chi connectivity index (χ0) is 15.2. The van der Waals surface area contributed by atoms with E-state index < -0.39 is 0 Å². The summed E-state index contributed by atoms with van der Waals surface area (Å²) in [6.07, 6.45) is 1.94. The molecule has 2 aromatic carbocycles. The van der Waals surface area contributed by atoms with Crippen LogP contribution >= 0.6 is 23.2 Å². The minimum Gasteiger partial charge on any atom is -0.308 e. The smallest absolute Gasteiger partial charge is 0.258 e. The van der Waals surface area contributed by atoms with Gasteiger partial charge in [-0.2, -0.15) is 0 Å². The van der Waals surface area contributed by atoms with E-state index in [1.54, 1.807) is 17.0 Å². The number of carbonyl (C=O) groups is 1. The second-order valence-electron chi connectivity index (χ2n) is 4.77. The van der Waals surface area contributed by atoms with E-state index >= 15 is 0 Å². The van der Waals surface area contributed by atoms with Gasteiger partial charge in [-0.3, -0.25) is 4.79 Å². The molecule has 0 aromatic heterocycles. The summed E-state index contributed by atoms with van der Waals surface area (Å²) in [5, 5.41) is 0.944. The number of amides is 1. The molecule has 0 N–H and O–H groups in total. The number of rotatable bonds is 5. The molecule has 0 aliphatic carbocycles. The maximum atomic E-state index is 12.7. The Bertz CT molecular complexity index is 613. The average Bonchev–Trinajstić information content (AvgIpc) is 2.51. The van der Waals surface area contributed by atoms with Gasteiger partial charge in [0, 0.05) is 17.8 Å². The fraction of sp³-hybridized carbons (Fsp3) is 0.235. The Morgan fingerprint density at radius 2 is 1.76 bits per heavy atom. The summed E-state index contributed by atoms with van der Waals surface area (Å²) >= 11 is 12.0. The van der Waals surface area contributed by atoms with E-state index in [4.69, 9.17) is 23.2 Å². The number of hydrogen-bond acceptors (Lipinski definition) is 1. The van der Waals surface area contributed by atoms with Gasteiger partial charge in [0.25, 0.3) is 5.91 Å². The second kappa shape index (κ2) is 7.48. The van der Waals surface area contributed by atoms with Gasteiger partial charge in [-0.05, 0) is 36.8 Å². The van der Waals surface area contributed by atoms with E-state index in [0.29, 0.717) is 22.2 Å². The van der Waals surface area contributed by atoms with Crippen LogP contribution in [0.4, 0.5) is 5.69 Å². The molecule has 0 atom stereocenters. The highest BCUT2D eigenvalue weighted by molar-refractivity contribution is 6.42. The van der Waals surface area contributed by atoms with Crippen molar-refractivity contribution in [2.75, 3.05) is 11.4 Å². The normalized spacial score (nSPS) is 10.4. The van der Waals surface area contributed by atoms with Gasteiger partial charge >= 0.3 is 0 Å². The van der Waals surface area contributed by atoms with Crippen molar-refractivity contribution in [3.63, 3.8) is 0 Å². The summed E-state index contributed by atoms with van der Waals surface area (Å²) in [6, 6.07) is 14.5. The van der Waals surface area contributed by atoms with Crippen LogP contribution in [0, 0.1) is 0 Å². The number of hydrogen-bond donors (Lipinski definition) is 0. The van der Waals surface area contributed by atoms with Crippen LogP contribution in [0.2, 0.25) is 10.0 Å². The number of unbranched alkanes of at least 4 members (excludes halogenated alkanes) is 1. The number of carbonyl (C=O) groups excluding carboxylic acids is 1. The first-order valence-electron chi connectivity index (χ1n) is 6.95. The fourth-order valence-electron chi connectivity index (χ4n) is 2.05. The molecular weight excluding hydrogens is 305 g/mol.